The molecule has 13 heavy (non-hydrogen) atoms. The molecule has 0 aliphatic heterocycles. The molecule has 0 unspecified atom stereocenters. The third-order valence-corrected chi connectivity index (χ3v) is 2.30. The number of nitrogens with two attached hydrogens (primary N) is 1. The summed E-state index contributed by atoms with van der Waals surface area (Å²) in [4.78, 5) is 4.03. The molecule has 3 nitrogen and oxygen atoms in total. The number of hydrogen-bond donors (Lipinski definition) is 1. The molecule has 2 aromatic rings. The molecule has 0 aliphatic rings. The minimum atomic E-state index is 0.541. The quantitative estimate of drug-likeness (QED) is 0.789. The summed E-state index contributed by atoms with van der Waals surface area (Å²) in [6.07, 6.45) is 2.56. The van der Waals surface area contributed by atoms with Crippen molar-refractivity contribution in [1.29, 1.82) is 0 Å². The molecule has 0 radical (unpaired) electrons. The maximum atomic E-state index is 5.88. The van der Waals surface area contributed by atoms with E-state index in [1.165, 1.54) is 0 Å². The van der Waals surface area contributed by atoms with E-state index in [9.17, 15) is 0 Å². The van der Waals surface area contributed by atoms with E-state index in [0.717, 1.165) is 17.6 Å². The van der Waals surface area contributed by atoms with Crippen LogP contribution in [0, 0.1) is 0 Å². The number of imidazole rings is 1. The van der Waals surface area contributed by atoms with Gasteiger partial charge in [0.15, 0.2) is 5.15 Å². The summed E-state index contributed by atoms with van der Waals surface area (Å²) in [7, 11) is 0. The first-order valence-electron chi connectivity index (χ1n) is 4.13. The van der Waals surface area contributed by atoms with Crippen molar-refractivity contribution in [3.8, 4) is 0 Å². The second kappa shape index (κ2) is 3.36. The van der Waals surface area contributed by atoms with Crippen molar-refractivity contribution in [1.82, 2.24) is 9.38 Å². The summed E-state index contributed by atoms with van der Waals surface area (Å²) >= 11 is 5.88. The molecule has 0 spiro atoms. The van der Waals surface area contributed by atoms with E-state index < -0.39 is 0 Å². The Bertz CT molecular complexity index is 422. The Morgan fingerprint density at radius 3 is 3.08 bits per heavy atom. The van der Waals surface area contributed by atoms with Crippen molar-refractivity contribution in [2.45, 2.75) is 6.42 Å². The highest BCUT2D eigenvalue weighted by molar-refractivity contribution is 6.32. The number of hydrogen-bond acceptors (Lipinski definition) is 2. The highest BCUT2D eigenvalue weighted by Gasteiger charge is 2.03. The second-order valence-corrected chi connectivity index (χ2v) is 3.20. The molecule has 2 rings (SSSR count). The Morgan fingerprint density at radius 2 is 2.31 bits per heavy atom. The minimum absolute atomic E-state index is 0.541. The Kier molecular flexibility index (Phi) is 2.20. The summed E-state index contributed by atoms with van der Waals surface area (Å²) in [5.74, 6) is 0. The fraction of sp³-hybridized carbons (Fsp3) is 0.222. The van der Waals surface area contributed by atoms with E-state index in [0.29, 0.717) is 11.7 Å². The molecule has 0 aromatic carbocycles. The van der Waals surface area contributed by atoms with Crippen molar-refractivity contribution < 1.29 is 0 Å². The minimum Gasteiger partial charge on any atom is -0.330 e. The van der Waals surface area contributed by atoms with Crippen molar-refractivity contribution in [2.75, 3.05) is 6.54 Å². The van der Waals surface area contributed by atoms with Gasteiger partial charge in [0.1, 0.15) is 6.33 Å². The topological polar surface area (TPSA) is 43.3 Å². The highest BCUT2D eigenvalue weighted by atomic mass is 35.5. The van der Waals surface area contributed by atoms with Gasteiger partial charge in [-0.05, 0) is 18.7 Å². The summed E-state index contributed by atoms with van der Waals surface area (Å²) < 4.78 is 1.97. The Hall–Kier alpha value is -1.06. The van der Waals surface area contributed by atoms with Crippen LogP contribution in [-0.2, 0) is 6.42 Å². The maximum Gasteiger partial charge on any atom is 0.154 e. The lowest BCUT2D eigenvalue weighted by atomic mass is 10.2. The standard InChI is InChI=1S/C9H10ClN3/c10-9-8-3-1-2-7(4-5-11)13(8)6-12-9/h1-3,6H,4-5,11H2. The van der Waals surface area contributed by atoms with Crippen LogP contribution in [0.4, 0.5) is 0 Å². The highest BCUT2D eigenvalue weighted by Crippen LogP contribution is 2.16. The SMILES string of the molecule is NCCc1cccc2c(Cl)ncn12. The molecule has 0 atom stereocenters. The van der Waals surface area contributed by atoms with Crippen molar-refractivity contribution in [3.05, 3.63) is 35.4 Å². The predicted molar refractivity (Wildman–Crippen MR) is 53.0 cm³/mol. The molecule has 0 saturated carbocycles. The van der Waals surface area contributed by atoms with Crippen molar-refractivity contribution in [2.24, 2.45) is 5.73 Å². The molecule has 68 valence electrons. The van der Waals surface area contributed by atoms with Crippen LogP contribution in [0.15, 0.2) is 24.5 Å². The Balaban J connectivity index is 2.63. The molecule has 0 aliphatic carbocycles. The molecular weight excluding hydrogens is 186 g/mol. The van der Waals surface area contributed by atoms with Gasteiger partial charge in [0.2, 0.25) is 0 Å². The first-order valence-corrected chi connectivity index (χ1v) is 4.51. The van der Waals surface area contributed by atoms with Crippen LogP contribution in [0.2, 0.25) is 5.15 Å². The van der Waals surface area contributed by atoms with Crippen molar-refractivity contribution >= 4 is 17.1 Å². The van der Waals surface area contributed by atoms with Gasteiger partial charge in [-0.3, -0.25) is 0 Å². The van der Waals surface area contributed by atoms with Crippen LogP contribution in [-0.4, -0.2) is 15.9 Å². The van der Waals surface area contributed by atoms with Crippen LogP contribution in [0.3, 0.4) is 0 Å². The monoisotopic (exact) mass is 195 g/mol. The van der Waals surface area contributed by atoms with Crippen LogP contribution in [0.25, 0.3) is 5.52 Å². The fourth-order valence-electron chi connectivity index (χ4n) is 1.40. The van der Waals surface area contributed by atoms with Gasteiger partial charge in [-0.2, -0.15) is 0 Å². The van der Waals surface area contributed by atoms with Gasteiger partial charge in [-0.15, -0.1) is 0 Å². The smallest absolute Gasteiger partial charge is 0.154 e. The number of fused-ring (bicyclic) bond motifs is 1. The van der Waals surface area contributed by atoms with E-state index in [1.54, 1.807) is 6.33 Å². The number of nitrogens with zero attached hydrogens (tertiary/aromatic N) is 2. The van der Waals surface area contributed by atoms with Crippen LogP contribution >= 0.6 is 11.6 Å². The lowest BCUT2D eigenvalue weighted by Gasteiger charge is -2.02. The summed E-state index contributed by atoms with van der Waals surface area (Å²) in [5, 5.41) is 0.541. The second-order valence-electron chi connectivity index (χ2n) is 2.85. The van der Waals surface area contributed by atoms with Gasteiger partial charge in [0.05, 0.1) is 5.52 Å². The van der Waals surface area contributed by atoms with Gasteiger partial charge in [0, 0.05) is 12.1 Å². The van der Waals surface area contributed by atoms with Gasteiger partial charge in [-0.25, -0.2) is 4.98 Å². The number of halogens is 1. The normalized spacial score (nSPS) is 10.9. The molecule has 2 aromatic heterocycles. The largest absolute Gasteiger partial charge is 0.330 e. The fourth-order valence-corrected chi connectivity index (χ4v) is 1.59. The summed E-state index contributed by atoms with van der Waals surface area (Å²) in [6, 6.07) is 5.93. The van der Waals surface area contributed by atoms with E-state index in [-0.39, 0.29) is 0 Å². The van der Waals surface area contributed by atoms with Gasteiger partial charge < -0.3 is 10.1 Å². The molecule has 0 fully saturated rings. The summed E-state index contributed by atoms with van der Waals surface area (Å²) in [5.41, 5.74) is 7.57. The van der Waals surface area contributed by atoms with E-state index in [2.05, 4.69) is 4.98 Å². The molecule has 0 amide bonds. The third kappa shape index (κ3) is 1.41. The third-order valence-electron chi connectivity index (χ3n) is 2.01. The molecule has 2 N–H and O–H groups in total. The first-order chi connectivity index (χ1) is 6.33. The summed E-state index contributed by atoms with van der Waals surface area (Å²) in [6.45, 7) is 0.634. The van der Waals surface area contributed by atoms with Gasteiger partial charge >= 0.3 is 0 Å². The zero-order valence-electron chi connectivity index (χ0n) is 7.07. The maximum absolute atomic E-state index is 5.88. The number of aromatic nitrogens is 2. The molecule has 0 bridgehead atoms. The lowest BCUT2D eigenvalue weighted by molar-refractivity contribution is 0.893. The zero-order valence-corrected chi connectivity index (χ0v) is 7.83. The van der Waals surface area contributed by atoms with E-state index in [1.807, 2.05) is 22.6 Å². The van der Waals surface area contributed by atoms with E-state index in [4.69, 9.17) is 17.3 Å². The molecule has 4 heteroatoms. The van der Waals surface area contributed by atoms with Crippen molar-refractivity contribution in [3.63, 3.8) is 0 Å². The van der Waals surface area contributed by atoms with E-state index >= 15 is 0 Å². The number of pyridine rings is 1. The predicted octanol–water partition coefficient (Wildman–Crippen LogP) is 1.49. The van der Waals surface area contributed by atoms with Crippen LogP contribution < -0.4 is 5.73 Å². The molecule has 0 saturated heterocycles. The van der Waals surface area contributed by atoms with Crippen LogP contribution in [0.1, 0.15) is 5.69 Å². The Morgan fingerprint density at radius 1 is 1.46 bits per heavy atom. The van der Waals surface area contributed by atoms with Crippen LogP contribution in [0.5, 0.6) is 0 Å². The zero-order chi connectivity index (χ0) is 9.26. The Labute approximate surface area is 81.1 Å². The van der Waals surface area contributed by atoms with Gasteiger partial charge in [0.25, 0.3) is 0 Å². The average molecular weight is 196 g/mol. The average Bonchev–Trinajstić information content (AvgIpc) is 2.50. The lowest BCUT2D eigenvalue weighted by Crippen LogP contribution is -2.06. The number of rotatable bonds is 2. The van der Waals surface area contributed by atoms with Gasteiger partial charge in [-0.1, -0.05) is 17.7 Å². The first kappa shape index (κ1) is 8.53. The molecular formula is C9H10ClN3. The molecule has 2 heterocycles.